The fraction of sp³-hybridized carbons (Fsp3) is 0.600. The number of carboxylic acids is 1. The molecule has 1 aliphatic carbocycles. The number of aliphatic hydroxyl groups is 1. The van der Waals surface area contributed by atoms with Crippen molar-refractivity contribution in [2.75, 3.05) is 13.1 Å². The minimum Gasteiger partial charge on any atom is -0.475 e. The van der Waals surface area contributed by atoms with Crippen LogP contribution in [-0.4, -0.2) is 45.7 Å². The average molecular weight is 293 g/mol. The third kappa shape index (κ3) is 2.55. The highest BCUT2D eigenvalue weighted by atomic mass is 16.4. The summed E-state index contributed by atoms with van der Waals surface area (Å²) in [5.74, 6) is -1.56. The molecule has 2 aliphatic rings. The highest BCUT2D eigenvalue weighted by molar-refractivity contribution is 5.93. The Morgan fingerprint density at radius 3 is 2.71 bits per heavy atom. The third-order valence-corrected chi connectivity index (χ3v) is 4.74. The molecular formula is C15H19NO5. The number of hydrogen-bond acceptors (Lipinski definition) is 4. The van der Waals surface area contributed by atoms with Crippen LogP contribution in [0.5, 0.6) is 0 Å². The summed E-state index contributed by atoms with van der Waals surface area (Å²) in [5.41, 5.74) is -0.635. The summed E-state index contributed by atoms with van der Waals surface area (Å²) in [7, 11) is 0. The van der Waals surface area contributed by atoms with Gasteiger partial charge in [0.05, 0.1) is 5.60 Å². The zero-order chi connectivity index (χ0) is 15.0. The quantitative estimate of drug-likeness (QED) is 0.866. The van der Waals surface area contributed by atoms with E-state index >= 15 is 0 Å². The molecule has 2 N–H and O–H groups in total. The molecule has 6 heteroatoms. The van der Waals surface area contributed by atoms with Crippen LogP contribution in [0.3, 0.4) is 0 Å². The van der Waals surface area contributed by atoms with E-state index in [0.29, 0.717) is 19.5 Å². The molecule has 114 valence electrons. The summed E-state index contributed by atoms with van der Waals surface area (Å²) < 4.78 is 5.07. The summed E-state index contributed by atoms with van der Waals surface area (Å²) in [6, 6.07) is 2.68. The van der Waals surface area contributed by atoms with Crippen LogP contribution >= 0.6 is 0 Å². The highest BCUT2D eigenvalue weighted by Gasteiger charge is 2.44. The molecule has 2 unspecified atom stereocenters. The summed E-state index contributed by atoms with van der Waals surface area (Å²) in [6.45, 7) is 0.993. The molecule has 1 aromatic heterocycles. The summed E-state index contributed by atoms with van der Waals surface area (Å²) >= 11 is 0. The van der Waals surface area contributed by atoms with Crippen LogP contribution in [0.15, 0.2) is 16.5 Å². The Balaban J connectivity index is 1.72. The van der Waals surface area contributed by atoms with Crippen molar-refractivity contribution in [3.8, 4) is 0 Å². The largest absolute Gasteiger partial charge is 0.475 e. The molecule has 0 bridgehead atoms. The van der Waals surface area contributed by atoms with E-state index in [2.05, 4.69) is 0 Å². The van der Waals surface area contributed by atoms with Crippen LogP contribution in [0.2, 0.25) is 0 Å². The van der Waals surface area contributed by atoms with Crippen molar-refractivity contribution in [2.24, 2.45) is 5.92 Å². The minimum absolute atomic E-state index is 0.0497. The Morgan fingerprint density at radius 1 is 1.24 bits per heavy atom. The second kappa shape index (κ2) is 5.18. The van der Waals surface area contributed by atoms with E-state index in [-0.39, 0.29) is 23.3 Å². The van der Waals surface area contributed by atoms with Crippen LogP contribution in [0.1, 0.15) is 53.2 Å². The first-order valence-electron chi connectivity index (χ1n) is 7.34. The number of likely N-dealkylation sites (tertiary alicyclic amines) is 1. The normalized spacial score (nSPS) is 29.0. The monoisotopic (exact) mass is 293 g/mol. The predicted molar refractivity (Wildman–Crippen MR) is 73.1 cm³/mol. The van der Waals surface area contributed by atoms with E-state index in [1.807, 2.05) is 0 Å². The molecule has 2 atom stereocenters. The molecular weight excluding hydrogens is 274 g/mol. The molecule has 6 nitrogen and oxygen atoms in total. The van der Waals surface area contributed by atoms with E-state index < -0.39 is 11.6 Å². The fourth-order valence-corrected chi connectivity index (χ4v) is 3.48. The lowest BCUT2D eigenvalue weighted by Crippen LogP contribution is -2.54. The van der Waals surface area contributed by atoms with E-state index in [9.17, 15) is 14.7 Å². The number of rotatable bonds is 2. The molecule has 1 aromatic rings. The molecule has 0 radical (unpaired) electrons. The van der Waals surface area contributed by atoms with Crippen LogP contribution in [0.4, 0.5) is 0 Å². The number of carboxylic acid groups (broad SMARTS) is 1. The van der Waals surface area contributed by atoms with Crippen molar-refractivity contribution in [3.63, 3.8) is 0 Å². The van der Waals surface area contributed by atoms with Gasteiger partial charge in [0, 0.05) is 19.0 Å². The topological polar surface area (TPSA) is 91.0 Å². The van der Waals surface area contributed by atoms with Gasteiger partial charge in [-0.2, -0.15) is 0 Å². The number of aromatic carboxylic acids is 1. The van der Waals surface area contributed by atoms with Gasteiger partial charge in [-0.3, -0.25) is 4.79 Å². The number of amides is 1. The highest BCUT2D eigenvalue weighted by Crippen LogP contribution is 2.40. The van der Waals surface area contributed by atoms with Gasteiger partial charge in [-0.15, -0.1) is 0 Å². The lowest BCUT2D eigenvalue weighted by molar-refractivity contribution is -0.0889. The van der Waals surface area contributed by atoms with Crippen LogP contribution in [0.25, 0.3) is 0 Å². The van der Waals surface area contributed by atoms with Gasteiger partial charge in [0.25, 0.3) is 5.91 Å². The average Bonchev–Trinajstić information content (AvgIpc) is 2.95. The fourth-order valence-electron chi connectivity index (χ4n) is 3.48. The van der Waals surface area contributed by atoms with Gasteiger partial charge in [-0.1, -0.05) is 12.8 Å². The van der Waals surface area contributed by atoms with Crippen LogP contribution in [0, 0.1) is 5.92 Å². The Kier molecular flexibility index (Phi) is 3.49. The maximum absolute atomic E-state index is 12.4. The summed E-state index contributed by atoms with van der Waals surface area (Å²) in [6.07, 6.45) is 4.44. The zero-order valence-corrected chi connectivity index (χ0v) is 11.7. The van der Waals surface area contributed by atoms with E-state index in [0.717, 1.165) is 25.7 Å². The number of fused-ring (bicyclic) bond motifs is 1. The number of nitrogens with zero attached hydrogens (tertiary/aromatic N) is 1. The first-order chi connectivity index (χ1) is 9.99. The van der Waals surface area contributed by atoms with Crippen molar-refractivity contribution in [1.82, 2.24) is 4.90 Å². The molecule has 1 amide bonds. The number of carbonyl (C=O) groups is 2. The summed E-state index contributed by atoms with van der Waals surface area (Å²) in [5, 5.41) is 19.4. The van der Waals surface area contributed by atoms with Gasteiger partial charge in [0.15, 0.2) is 5.76 Å². The van der Waals surface area contributed by atoms with Crippen LogP contribution in [-0.2, 0) is 0 Å². The second-order valence-corrected chi connectivity index (χ2v) is 6.02. The van der Waals surface area contributed by atoms with E-state index in [1.54, 1.807) is 4.90 Å². The zero-order valence-electron chi connectivity index (χ0n) is 11.7. The predicted octanol–water partition coefficient (Wildman–Crippen LogP) is 1.74. The Morgan fingerprint density at radius 2 is 2.00 bits per heavy atom. The van der Waals surface area contributed by atoms with Crippen LogP contribution < -0.4 is 0 Å². The van der Waals surface area contributed by atoms with Crippen molar-refractivity contribution in [3.05, 3.63) is 23.7 Å². The van der Waals surface area contributed by atoms with Crippen molar-refractivity contribution in [1.29, 1.82) is 0 Å². The lowest BCUT2D eigenvalue weighted by Gasteiger charge is -2.47. The first-order valence-corrected chi connectivity index (χ1v) is 7.34. The molecule has 3 rings (SSSR count). The molecule has 1 saturated heterocycles. The molecule has 1 aliphatic heterocycles. The number of furan rings is 1. The summed E-state index contributed by atoms with van der Waals surface area (Å²) in [4.78, 5) is 24.8. The van der Waals surface area contributed by atoms with Gasteiger partial charge in [-0.25, -0.2) is 4.79 Å². The van der Waals surface area contributed by atoms with Gasteiger partial charge in [0.1, 0.15) is 0 Å². The Bertz CT molecular complexity index is 566. The maximum Gasteiger partial charge on any atom is 0.371 e. The molecule has 0 aromatic carbocycles. The van der Waals surface area contributed by atoms with Gasteiger partial charge in [-0.05, 0) is 31.4 Å². The number of piperidine rings is 1. The molecule has 2 fully saturated rings. The maximum atomic E-state index is 12.4. The Hall–Kier alpha value is -1.82. The second-order valence-electron chi connectivity index (χ2n) is 6.02. The van der Waals surface area contributed by atoms with E-state index in [4.69, 9.17) is 9.52 Å². The lowest BCUT2D eigenvalue weighted by atomic mass is 9.71. The third-order valence-electron chi connectivity index (χ3n) is 4.74. The SMILES string of the molecule is O=C(O)c1ccc(C(=O)N2CCC3(O)CCCCC3C2)o1. The molecule has 21 heavy (non-hydrogen) atoms. The molecule has 2 heterocycles. The smallest absolute Gasteiger partial charge is 0.371 e. The van der Waals surface area contributed by atoms with Gasteiger partial charge < -0.3 is 19.5 Å². The molecule has 0 spiro atoms. The first kappa shape index (κ1) is 14.1. The molecule has 1 saturated carbocycles. The van der Waals surface area contributed by atoms with E-state index in [1.165, 1.54) is 12.1 Å². The van der Waals surface area contributed by atoms with Crippen molar-refractivity contribution < 1.29 is 24.2 Å². The number of hydrogen-bond donors (Lipinski definition) is 2. The van der Waals surface area contributed by atoms with Crippen molar-refractivity contribution in [2.45, 2.75) is 37.7 Å². The standard InChI is InChI=1S/C15H19NO5/c17-13(11-4-5-12(21-11)14(18)19)16-8-7-15(20)6-2-1-3-10(15)9-16/h4-5,10,20H,1-3,6-9H2,(H,18,19). The minimum atomic E-state index is -1.19. The van der Waals surface area contributed by atoms with Gasteiger partial charge in [0.2, 0.25) is 5.76 Å². The Labute approximate surface area is 122 Å². The van der Waals surface area contributed by atoms with Crippen molar-refractivity contribution >= 4 is 11.9 Å². The number of carbonyl (C=O) groups excluding carboxylic acids is 1. The van der Waals surface area contributed by atoms with Gasteiger partial charge >= 0.3 is 5.97 Å².